The molecule has 0 saturated carbocycles. The molecule has 1 N–H and O–H groups in total. The Morgan fingerprint density at radius 3 is 2.75 bits per heavy atom. The number of halogens is 2. The van der Waals surface area contributed by atoms with E-state index in [1.165, 1.54) is 11.0 Å². The maximum atomic E-state index is 13.1. The molecule has 140 valence electrons. The average molecular weight is 396 g/mol. The molecular weight excluding hydrogens is 381 g/mol. The lowest BCUT2D eigenvalue weighted by Crippen LogP contribution is -2.47. The van der Waals surface area contributed by atoms with Crippen molar-refractivity contribution < 1.29 is 14.0 Å². The van der Waals surface area contributed by atoms with Gasteiger partial charge < -0.3 is 5.32 Å². The monoisotopic (exact) mass is 395 g/mol. The number of Topliss-reactive ketones (excluding diaryl/α,β-unsaturated/α-hetero) is 1. The van der Waals surface area contributed by atoms with Crippen molar-refractivity contribution in [3.63, 3.8) is 0 Å². The van der Waals surface area contributed by atoms with Gasteiger partial charge in [0.05, 0.1) is 23.4 Å². The topological polar surface area (TPSA) is 73.2 Å². The lowest BCUT2D eigenvalue weighted by molar-refractivity contribution is -0.115. The summed E-state index contributed by atoms with van der Waals surface area (Å²) < 4.78 is 13.1. The number of hydrogen-bond acceptors (Lipinski definition) is 3. The Kier molecular flexibility index (Phi) is 4.62. The van der Waals surface area contributed by atoms with E-state index in [0.29, 0.717) is 51.5 Å². The molecule has 2 aliphatic rings. The smallest absolute Gasteiger partial charge is 0.326 e. The number of benzene rings is 2. The summed E-state index contributed by atoms with van der Waals surface area (Å²) in [5.41, 5.74) is 3.02. The minimum Gasteiger partial charge on any atom is -0.326 e. The van der Waals surface area contributed by atoms with Gasteiger partial charge in [0.15, 0.2) is 5.78 Å². The fraction of sp³-hybridized carbons (Fsp3) is 0.190. The number of urea groups is 1. The molecule has 2 aromatic carbocycles. The predicted octanol–water partition coefficient (Wildman–Crippen LogP) is 4.57. The van der Waals surface area contributed by atoms with Crippen molar-refractivity contribution in [2.45, 2.75) is 25.6 Å². The van der Waals surface area contributed by atoms with Crippen LogP contribution in [0.2, 0.25) is 5.02 Å². The highest BCUT2D eigenvalue weighted by molar-refractivity contribution is 6.31. The lowest BCUT2D eigenvalue weighted by atomic mass is 9.94. The number of amides is 2. The Balaban J connectivity index is 1.83. The molecule has 5 nitrogen and oxygen atoms in total. The van der Waals surface area contributed by atoms with E-state index in [0.717, 1.165) is 0 Å². The van der Waals surface area contributed by atoms with Gasteiger partial charge in [0, 0.05) is 22.7 Å². The van der Waals surface area contributed by atoms with E-state index in [-0.39, 0.29) is 5.78 Å². The third-order valence-corrected chi connectivity index (χ3v) is 5.32. The largest absolute Gasteiger partial charge is 0.327 e. The van der Waals surface area contributed by atoms with E-state index in [1.807, 2.05) is 6.07 Å². The zero-order valence-corrected chi connectivity index (χ0v) is 15.5. The number of ketones is 1. The molecule has 2 amide bonds. The van der Waals surface area contributed by atoms with Crippen LogP contribution in [0.1, 0.15) is 35.6 Å². The summed E-state index contributed by atoms with van der Waals surface area (Å²) in [4.78, 5) is 27.0. The first-order valence-corrected chi connectivity index (χ1v) is 9.12. The highest BCUT2D eigenvalue weighted by atomic mass is 35.5. The van der Waals surface area contributed by atoms with Crippen molar-refractivity contribution in [1.82, 2.24) is 5.32 Å². The molecule has 0 radical (unpaired) electrons. The number of hydrogen-bond donors (Lipinski definition) is 1. The molecule has 1 aliphatic carbocycles. The van der Waals surface area contributed by atoms with Gasteiger partial charge in [-0.2, -0.15) is 5.26 Å². The minimum absolute atomic E-state index is 0.0629. The number of nitrogens with zero attached hydrogens (tertiary/aromatic N) is 2. The first-order chi connectivity index (χ1) is 13.5. The number of carbonyl (C=O) groups is 2. The van der Waals surface area contributed by atoms with Crippen molar-refractivity contribution >= 4 is 29.1 Å². The average Bonchev–Trinajstić information content (AvgIpc) is 3.08. The normalized spacial score (nSPS) is 18.8. The first kappa shape index (κ1) is 18.2. The molecule has 1 heterocycles. The fourth-order valence-corrected chi connectivity index (χ4v) is 4.01. The Hall–Kier alpha value is -3.17. The van der Waals surface area contributed by atoms with Crippen LogP contribution < -0.4 is 10.2 Å². The summed E-state index contributed by atoms with van der Waals surface area (Å²) in [6.45, 7) is -0.641. The van der Waals surface area contributed by atoms with Crippen molar-refractivity contribution in [2.24, 2.45) is 0 Å². The maximum absolute atomic E-state index is 13.1. The number of nitriles is 1. The molecule has 0 spiro atoms. The number of anilines is 1. The van der Waals surface area contributed by atoms with Crippen LogP contribution in [0.25, 0.3) is 0 Å². The van der Waals surface area contributed by atoms with Gasteiger partial charge >= 0.3 is 6.03 Å². The van der Waals surface area contributed by atoms with Gasteiger partial charge in [0.1, 0.15) is 6.67 Å². The second kappa shape index (κ2) is 7.10. The van der Waals surface area contributed by atoms with Crippen LogP contribution in [-0.4, -0.2) is 11.8 Å². The zero-order valence-electron chi connectivity index (χ0n) is 14.7. The molecule has 4 rings (SSSR count). The molecule has 0 bridgehead atoms. The summed E-state index contributed by atoms with van der Waals surface area (Å²) in [6, 6.07) is 12.3. The molecule has 1 unspecified atom stereocenters. The van der Waals surface area contributed by atoms with Gasteiger partial charge in [-0.3, -0.25) is 9.69 Å². The second-order valence-corrected chi connectivity index (χ2v) is 7.06. The van der Waals surface area contributed by atoms with E-state index in [2.05, 4.69) is 5.32 Å². The highest BCUT2D eigenvalue weighted by Gasteiger charge is 2.41. The van der Waals surface area contributed by atoms with Crippen LogP contribution in [-0.2, 0) is 11.5 Å². The number of rotatable bonds is 3. The predicted molar refractivity (Wildman–Crippen MR) is 102 cm³/mol. The summed E-state index contributed by atoms with van der Waals surface area (Å²) in [5.74, 6) is -0.0629. The van der Waals surface area contributed by atoms with Crippen LogP contribution in [0.15, 0.2) is 53.7 Å². The molecular formula is C21H15ClFN3O2. The maximum Gasteiger partial charge on any atom is 0.327 e. The van der Waals surface area contributed by atoms with Crippen molar-refractivity contribution in [2.75, 3.05) is 4.90 Å². The Morgan fingerprint density at radius 2 is 2.04 bits per heavy atom. The summed E-state index contributed by atoms with van der Waals surface area (Å²) in [7, 11) is 0. The van der Waals surface area contributed by atoms with Crippen LogP contribution in [0, 0.1) is 11.3 Å². The number of carbonyl (C=O) groups excluding carboxylic acids is 2. The molecule has 0 saturated heterocycles. The summed E-state index contributed by atoms with van der Waals surface area (Å²) in [5, 5.41) is 12.2. The van der Waals surface area contributed by atoms with Gasteiger partial charge in [-0.05, 0) is 41.8 Å². The highest BCUT2D eigenvalue weighted by Crippen LogP contribution is 2.42. The van der Waals surface area contributed by atoms with Crippen molar-refractivity contribution in [3.8, 4) is 6.07 Å². The molecule has 1 aliphatic heterocycles. The van der Waals surface area contributed by atoms with Gasteiger partial charge in [0.25, 0.3) is 0 Å². The lowest BCUT2D eigenvalue weighted by Gasteiger charge is -2.34. The summed E-state index contributed by atoms with van der Waals surface area (Å²) >= 11 is 6.33. The molecule has 2 aromatic rings. The second-order valence-electron chi connectivity index (χ2n) is 6.65. The first-order valence-electron chi connectivity index (χ1n) is 8.75. The Morgan fingerprint density at radius 1 is 1.21 bits per heavy atom. The molecule has 7 heteroatoms. The fourth-order valence-electron chi connectivity index (χ4n) is 3.72. The number of nitrogens with one attached hydrogen (secondary N) is 1. The molecule has 0 aromatic heterocycles. The number of alkyl halides is 1. The SMILES string of the molecule is N#Cc1ccc(C2NC(=O)N(c3cccc(CF)c3)C3=C2C(=O)CC3)c(Cl)c1. The minimum atomic E-state index is -0.682. The van der Waals surface area contributed by atoms with E-state index >= 15 is 0 Å². The van der Waals surface area contributed by atoms with E-state index in [9.17, 15) is 14.0 Å². The quantitative estimate of drug-likeness (QED) is 0.827. The molecule has 28 heavy (non-hydrogen) atoms. The third kappa shape index (κ3) is 2.94. The third-order valence-electron chi connectivity index (χ3n) is 4.99. The van der Waals surface area contributed by atoms with Gasteiger partial charge in [-0.25, -0.2) is 9.18 Å². The van der Waals surface area contributed by atoms with Gasteiger partial charge in [-0.15, -0.1) is 0 Å². The van der Waals surface area contributed by atoms with Crippen LogP contribution >= 0.6 is 11.6 Å². The van der Waals surface area contributed by atoms with Crippen LogP contribution in [0.4, 0.5) is 14.9 Å². The number of allylic oxidation sites excluding steroid dienone is 1. The Labute approximate surface area is 166 Å². The summed E-state index contributed by atoms with van der Waals surface area (Å²) in [6.07, 6.45) is 0.717. The standard InChI is InChI=1S/C21H15ClFN3O2/c22-16-9-13(11-24)4-5-15(16)20-19-17(6-7-18(19)27)26(21(28)25-20)14-3-1-2-12(8-14)10-23/h1-5,8-9,20H,6-7,10H2,(H,25,28). The van der Waals surface area contributed by atoms with Gasteiger partial charge in [0.2, 0.25) is 0 Å². The zero-order chi connectivity index (χ0) is 19.8. The van der Waals surface area contributed by atoms with Crippen LogP contribution in [0.3, 0.4) is 0 Å². The van der Waals surface area contributed by atoms with Crippen molar-refractivity contribution in [1.29, 1.82) is 5.26 Å². The van der Waals surface area contributed by atoms with Crippen LogP contribution in [0.5, 0.6) is 0 Å². The van der Waals surface area contributed by atoms with E-state index in [1.54, 1.807) is 36.4 Å². The van der Waals surface area contributed by atoms with E-state index < -0.39 is 18.7 Å². The molecule has 1 atom stereocenters. The van der Waals surface area contributed by atoms with Gasteiger partial charge in [-0.1, -0.05) is 29.8 Å². The molecule has 0 fully saturated rings. The van der Waals surface area contributed by atoms with Crippen molar-refractivity contribution in [3.05, 3.63) is 75.4 Å². The van der Waals surface area contributed by atoms with E-state index in [4.69, 9.17) is 16.9 Å². The Bertz CT molecular complexity index is 1070.